The van der Waals surface area contributed by atoms with Crippen molar-refractivity contribution >= 4 is 11.6 Å². The number of hydrogen-bond donors (Lipinski definition) is 3. The third kappa shape index (κ3) is 3.89. The first-order chi connectivity index (χ1) is 10.1. The first-order valence-corrected chi connectivity index (χ1v) is 6.56. The van der Waals surface area contributed by atoms with Gasteiger partial charge in [-0.25, -0.2) is 0 Å². The largest absolute Gasteiger partial charge is 0.508 e. The summed E-state index contributed by atoms with van der Waals surface area (Å²) in [5, 5.41) is 12.4. The molecule has 2 aromatic carbocycles. The molecule has 110 valence electrons. The van der Waals surface area contributed by atoms with Crippen LogP contribution in [0, 0.1) is 0 Å². The molecule has 0 unspecified atom stereocenters. The average molecular weight is 286 g/mol. The number of carbonyl (C=O) groups is 1. The summed E-state index contributed by atoms with van der Waals surface area (Å²) in [6, 6.07) is 12.2. The molecular weight excluding hydrogens is 268 g/mol. The second-order valence-corrected chi connectivity index (χ2v) is 4.66. The smallest absolute Gasteiger partial charge is 0.224 e. The summed E-state index contributed by atoms with van der Waals surface area (Å²) in [4.78, 5) is 11.9. The third-order valence-electron chi connectivity index (χ3n) is 3.13. The highest BCUT2D eigenvalue weighted by Crippen LogP contribution is 2.21. The van der Waals surface area contributed by atoms with Crippen molar-refractivity contribution in [1.82, 2.24) is 5.32 Å². The number of phenolic OH excluding ortho intramolecular Hbond substituents is 1. The molecule has 0 aliphatic carbocycles. The Hall–Kier alpha value is -2.69. The number of anilines is 1. The quantitative estimate of drug-likeness (QED) is 0.732. The van der Waals surface area contributed by atoms with Gasteiger partial charge in [0, 0.05) is 12.1 Å². The van der Waals surface area contributed by atoms with Gasteiger partial charge in [0.1, 0.15) is 11.5 Å². The minimum absolute atomic E-state index is 0.126. The lowest BCUT2D eigenvalue weighted by Crippen LogP contribution is -2.24. The molecule has 0 aromatic heterocycles. The summed E-state index contributed by atoms with van der Waals surface area (Å²) < 4.78 is 5.08. The number of nitrogen functional groups attached to an aromatic ring is 1. The van der Waals surface area contributed by atoms with Crippen LogP contribution in [0.1, 0.15) is 11.1 Å². The van der Waals surface area contributed by atoms with Gasteiger partial charge in [0.25, 0.3) is 0 Å². The molecule has 0 saturated heterocycles. The zero-order valence-corrected chi connectivity index (χ0v) is 11.8. The van der Waals surface area contributed by atoms with Gasteiger partial charge < -0.3 is 20.9 Å². The molecule has 0 atom stereocenters. The zero-order chi connectivity index (χ0) is 15.2. The number of aromatic hydroxyl groups is 1. The number of ether oxygens (including phenoxy) is 1. The van der Waals surface area contributed by atoms with Crippen molar-refractivity contribution in [2.75, 3.05) is 12.8 Å². The minimum Gasteiger partial charge on any atom is -0.508 e. The van der Waals surface area contributed by atoms with E-state index in [1.54, 1.807) is 43.5 Å². The summed E-state index contributed by atoms with van der Waals surface area (Å²) in [5.41, 5.74) is 7.83. The fourth-order valence-corrected chi connectivity index (χ4v) is 1.99. The molecule has 21 heavy (non-hydrogen) atoms. The normalized spacial score (nSPS) is 10.1. The molecule has 4 N–H and O–H groups in total. The van der Waals surface area contributed by atoms with Crippen molar-refractivity contribution in [3.8, 4) is 11.5 Å². The molecule has 5 heteroatoms. The molecule has 2 aromatic rings. The number of benzene rings is 2. The van der Waals surface area contributed by atoms with Crippen LogP contribution in [0.2, 0.25) is 0 Å². The molecule has 2 rings (SSSR count). The van der Waals surface area contributed by atoms with Gasteiger partial charge >= 0.3 is 0 Å². The molecule has 0 heterocycles. The summed E-state index contributed by atoms with van der Waals surface area (Å²) in [5.74, 6) is 0.575. The predicted molar refractivity (Wildman–Crippen MR) is 81.1 cm³/mol. The number of carbonyl (C=O) groups excluding carboxylic acids is 1. The van der Waals surface area contributed by atoms with E-state index in [2.05, 4.69) is 5.32 Å². The molecule has 1 amide bonds. The summed E-state index contributed by atoms with van der Waals surface area (Å²) >= 11 is 0. The van der Waals surface area contributed by atoms with E-state index >= 15 is 0 Å². The van der Waals surface area contributed by atoms with Gasteiger partial charge in [-0.3, -0.25) is 4.79 Å². The van der Waals surface area contributed by atoms with Crippen LogP contribution in [0.5, 0.6) is 11.5 Å². The van der Waals surface area contributed by atoms with Crippen LogP contribution < -0.4 is 15.8 Å². The number of para-hydroxylation sites is 1. The lowest BCUT2D eigenvalue weighted by molar-refractivity contribution is -0.120. The molecule has 0 spiro atoms. The van der Waals surface area contributed by atoms with Crippen molar-refractivity contribution in [3.63, 3.8) is 0 Å². The highest BCUT2D eigenvalue weighted by Gasteiger charge is 2.07. The van der Waals surface area contributed by atoms with E-state index in [4.69, 9.17) is 10.5 Å². The van der Waals surface area contributed by atoms with E-state index < -0.39 is 0 Å². The topological polar surface area (TPSA) is 84.6 Å². The van der Waals surface area contributed by atoms with Gasteiger partial charge in [0.15, 0.2) is 0 Å². The van der Waals surface area contributed by atoms with E-state index in [-0.39, 0.29) is 18.1 Å². The fraction of sp³-hybridized carbons (Fsp3) is 0.188. The zero-order valence-electron chi connectivity index (χ0n) is 11.8. The lowest BCUT2D eigenvalue weighted by atomic mass is 10.1. The number of rotatable bonds is 5. The van der Waals surface area contributed by atoms with Crippen LogP contribution in [0.3, 0.4) is 0 Å². The molecule has 0 saturated carbocycles. The third-order valence-corrected chi connectivity index (χ3v) is 3.13. The van der Waals surface area contributed by atoms with Crippen LogP contribution >= 0.6 is 0 Å². The fourth-order valence-electron chi connectivity index (χ4n) is 1.99. The van der Waals surface area contributed by atoms with Crippen molar-refractivity contribution in [2.24, 2.45) is 0 Å². The highest BCUT2D eigenvalue weighted by molar-refractivity contribution is 5.79. The summed E-state index contributed by atoms with van der Waals surface area (Å²) in [6.45, 7) is 0.376. The maximum absolute atomic E-state index is 11.9. The van der Waals surface area contributed by atoms with Crippen LogP contribution in [0.25, 0.3) is 0 Å². The van der Waals surface area contributed by atoms with E-state index in [0.29, 0.717) is 23.5 Å². The van der Waals surface area contributed by atoms with Gasteiger partial charge in [0.05, 0.1) is 19.2 Å². The van der Waals surface area contributed by atoms with Gasteiger partial charge in [-0.15, -0.1) is 0 Å². The molecule has 0 radical (unpaired) electrons. The van der Waals surface area contributed by atoms with E-state index in [0.717, 1.165) is 5.56 Å². The lowest BCUT2D eigenvalue weighted by Gasteiger charge is -2.09. The maximum atomic E-state index is 11.9. The van der Waals surface area contributed by atoms with Gasteiger partial charge in [0.2, 0.25) is 5.91 Å². The molecule has 0 bridgehead atoms. The molecule has 5 nitrogen and oxygen atoms in total. The first-order valence-electron chi connectivity index (χ1n) is 6.56. The summed E-state index contributed by atoms with van der Waals surface area (Å²) in [7, 11) is 1.56. The Labute approximate surface area is 123 Å². The van der Waals surface area contributed by atoms with Gasteiger partial charge in [-0.05, 0) is 23.8 Å². The standard InChI is InChI=1S/C16H18N2O3/c1-21-15-7-6-11(8-13(15)17)10-18-16(20)9-12-4-2-3-5-14(12)19/h2-8,19H,9-10,17H2,1H3,(H,18,20). The predicted octanol–water partition coefficient (Wildman–Crippen LogP) is 1.84. The van der Waals surface area contributed by atoms with Gasteiger partial charge in [-0.1, -0.05) is 24.3 Å². The minimum atomic E-state index is -0.161. The van der Waals surface area contributed by atoms with Crippen LogP contribution in [0.4, 0.5) is 5.69 Å². The SMILES string of the molecule is COc1ccc(CNC(=O)Cc2ccccc2O)cc1N. The van der Waals surface area contributed by atoms with Crippen LogP contribution in [-0.2, 0) is 17.8 Å². The summed E-state index contributed by atoms with van der Waals surface area (Å²) in [6.07, 6.45) is 0.137. The second kappa shape index (κ2) is 6.65. The highest BCUT2D eigenvalue weighted by atomic mass is 16.5. The Morgan fingerprint density at radius 2 is 2.05 bits per heavy atom. The molecule has 0 aliphatic heterocycles. The maximum Gasteiger partial charge on any atom is 0.224 e. The monoisotopic (exact) mass is 286 g/mol. The molecule has 0 aliphatic rings. The Morgan fingerprint density at radius 3 is 2.71 bits per heavy atom. The number of nitrogens with one attached hydrogen (secondary N) is 1. The second-order valence-electron chi connectivity index (χ2n) is 4.66. The van der Waals surface area contributed by atoms with E-state index in [9.17, 15) is 9.90 Å². The number of methoxy groups -OCH3 is 1. The Bertz CT molecular complexity index is 641. The van der Waals surface area contributed by atoms with E-state index in [1.807, 2.05) is 6.07 Å². The number of amides is 1. The Morgan fingerprint density at radius 1 is 1.29 bits per heavy atom. The number of phenols is 1. The van der Waals surface area contributed by atoms with E-state index in [1.165, 1.54) is 0 Å². The van der Waals surface area contributed by atoms with Crippen molar-refractivity contribution in [2.45, 2.75) is 13.0 Å². The first kappa shape index (κ1) is 14.7. The van der Waals surface area contributed by atoms with Crippen LogP contribution in [0.15, 0.2) is 42.5 Å². The van der Waals surface area contributed by atoms with Crippen molar-refractivity contribution < 1.29 is 14.6 Å². The Balaban J connectivity index is 1.92. The number of hydrogen-bond acceptors (Lipinski definition) is 4. The number of nitrogens with two attached hydrogens (primary N) is 1. The van der Waals surface area contributed by atoms with Crippen molar-refractivity contribution in [3.05, 3.63) is 53.6 Å². The average Bonchev–Trinajstić information content (AvgIpc) is 2.48. The van der Waals surface area contributed by atoms with Crippen LogP contribution in [-0.4, -0.2) is 18.1 Å². The molecular formula is C16H18N2O3. The molecule has 0 fully saturated rings. The van der Waals surface area contributed by atoms with Crippen molar-refractivity contribution in [1.29, 1.82) is 0 Å². The van der Waals surface area contributed by atoms with Gasteiger partial charge in [-0.2, -0.15) is 0 Å². The Kier molecular flexibility index (Phi) is 4.66.